The molecule has 3 aliphatic heterocycles. The number of carbonyl (C=O) groups is 3. The van der Waals surface area contributed by atoms with Gasteiger partial charge in [0.1, 0.15) is 6.04 Å². The van der Waals surface area contributed by atoms with Crippen molar-refractivity contribution in [3.05, 3.63) is 67.8 Å². The van der Waals surface area contributed by atoms with Crippen LogP contribution in [-0.2, 0) is 19.1 Å². The van der Waals surface area contributed by atoms with Crippen LogP contribution in [0.4, 0.5) is 5.69 Å². The number of rotatable bonds is 11. The van der Waals surface area contributed by atoms with E-state index in [1.54, 1.807) is 33.7 Å². The molecule has 0 radical (unpaired) electrons. The summed E-state index contributed by atoms with van der Waals surface area (Å²) >= 11 is 5.35. The number of aliphatic hydroxyl groups excluding tert-OH is 1. The Hall–Kier alpha value is -2.62. The summed E-state index contributed by atoms with van der Waals surface area (Å²) in [6.45, 7) is 8.18. The van der Waals surface area contributed by atoms with Crippen molar-refractivity contribution in [2.75, 3.05) is 31.2 Å². The number of nitrogens with zero attached hydrogens (tertiary/aromatic N) is 2. The van der Waals surface area contributed by atoms with Crippen LogP contribution in [0.3, 0.4) is 0 Å². The predicted molar refractivity (Wildman–Crippen MR) is 158 cm³/mol. The summed E-state index contributed by atoms with van der Waals surface area (Å²) in [4.78, 5) is 45.2. The fourth-order valence-corrected chi connectivity index (χ4v) is 10.0. The Morgan fingerprint density at radius 1 is 1.21 bits per heavy atom. The fraction of sp³-hybridized carbons (Fsp3) is 0.433. The third-order valence-electron chi connectivity index (χ3n) is 8.04. The predicted octanol–water partition coefficient (Wildman–Crippen LogP) is 4.33. The minimum absolute atomic E-state index is 0.0369. The zero-order valence-corrected chi connectivity index (χ0v) is 24.1. The molecule has 2 amide bonds. The first-order valence-electron chi connectivity index (χ1n) is 13.3. The van der Waals surface area contributed by atoms with E-state index < -0.39 is 28.6 Å². The molecule has 0 aliphatic carbocycles. The van der Waals surface area contributed by atoms with Crippen molar-refractivity contribution in [2.24, 2.45) is 11.8 Å². The van der Waals surface area contributed by atoms with Crippen LogP contribution >= 0.6 is 27.7 Å². The Balaban J connectivity index is 1.55. The molecule has 3 heterocycles. The molecule has 2 aromatic rings. The zero-order valence-electron chi connectivity index (χ0n) is 21.7. The van der Waals surface area contributed by atoms with Gasteiger partial charge in [0, 0.05) is 35.5 Å². The van der Waals surface area contributed by atoms with E-state index in [0.29, 0.717) is 19.3 Å². The maximum atomic E-state index is 14.6. The van der Waals surface area contributed by atoms with E-state index >= 15 is 0 Å². The summed E-state index contributed by atoms with van der Waals surface area (Å²) in [5.74, 6) is -2.11. The second-order valence-electron chi connectivity index (χ2n) is 10.3. The van der Waals surface area contributed by atoms with Crippen LogP contribution in [0.5, 0.6) is 0 Å². The van der Waals surface area contributed by atoms with Crippen molar-refractivity contribution >= 4 is 61.9 Å². The van der Waals surface area contributed by atoms with E-state index in [1.165, 1.54) is 0 Å². The Bertz CT molecular complexity index is 1300. The fourth-order valence-electron chi connectivity index (χ4n) is 6.44. The lowest BCUT2D eigenvalue weighted by Gasteiger charge is -2.37. The molecule has 0 saturated carbocycles. The van der Waals surface area contributed by atoms with Crippen molar-refractivity contribution in [3.8, 4) is 0 Å². The van der Waals surface area contributed by atoms with E-state index in [4.69, 9.17) is 4.74 Å². The van der Waals surface area contributed by atoms with Gasteiger partial charge >= 0.3 is 5.97 Å². The quantitative estimate of drug-likeness (QED) is 0.176. The van der Waals surface area contributed by atoms with E-state index in [1.807, 2.05) is 42.5 Å². The highest BCUT2D eigenvalue weighted by atomic mass is 79.9. The largest absolute Gasteiger partial charge is 0.465 e. The van der Waals surface area contributed by atoms with Gasteiger partial charge in [-0.1, -0.05) is 58.4 Å². The number of hydrogen-bond donors (Lipinski definition) is 1. The number of amides is 2. The van der Waals surface area contributed by atoms with E-state index in [2.05, 4.69) is 29.1 Å². The lowest BCUT2D eigenvalue weighted by Crippen LogP contribution is -2.55. The van der Waals surface area contributed by atoms with Gasteiger partial charge in [0.25, 0.3) is 5.91 Å². The number of alkyl halides is 1. The standard InChI is InChI=1S/C30H33BrN2O5S/c1-3-5-16-38-29(37)23-24-27(35)33(14-8-15-34)26(30(24)18-22(31)25(23)39-30)28(36)32(13-4-2)21-12-11-19-9-6-7-10-20(19)17-21/h3-4,6-7,9-12,17,22-26,34H,1-2,5,8,13-16,18H2/t22?,23-,24-,25-,26?,30?/m0/s1. The zero-order chi connectivity index (χ0) is 27.7. The number of fused-ring (bicyclic) bond motifs is 2. The second-order valence-corrected chi connectivity index (χ2v) is 13.0. The number of benzene rings is 2. The van der Waals surface area contributed by atoms with Crippen LogP contribution in [0.25, 0.3) is 10.8 Å². The van der Waals surface area contributed by atoms with Crippen molar-refractivity contribution < 1.29 is 24.2 Å². The Morgan fingerprint density at radius 3 is 2.69 bits per heavy atom. The Kier molecular flexibility index (Phi) is 8.21. The van der Waals surface area contributed by atoms with E-state index in [0.717, 1.165) is 16.5 Å². The number of carbonyl (C=O) groups excluding carboxylic acids is 3. The molecule has 0 aromatic heterocycles. The van der Waals surface area contributed by atoms with Crippen molar-refractivity contribution in [2.45, 2.75) is 40.1 Å². The van der Waals surface area contributed by atoms with Crippen molar-refractivity contribution in [1.82, 2.24) is 4.90 Å². The normalized spacial score (nSPS) is 28.9. The molecule has 6 atom stereocenters. The average Bonchev–Trinajstić information content (AvgIpc) is 3.53. The molecule has 3 saturated heterocycles. The van der Waals surface area contributed by atoms with Gasteiger partial charge in [-0.25, -0.2) is 0 Å². The lowest BCUT2D eigenvalue weighted by molar-refractivity contribution is -0.154. The van der Waals surface area contributed by atoms with Crippen LogP contribution in [0.15, 0.2) is 67.8 Å². The minimum Gasteiger partial charge on any atom is -0.465 e. The average molecular weight is 614 g/mol. The number of hydrogen-bond acceptors (Lipinski definition) is 6. The number of likely N-dealkylation sites (tertiary alicyclic amines) is 1. The first kappa shape index (κ1) is 27.9. The molecule has 206 valence electrons. The molecule has 2 aromatic carbocycles. The first-order chi connectivity index (χ1) is 18.9. The third kappa shape index (κ3) is 4.72. The van der Waals surface area contributed by atoms with Gasteiger partial charge < -0.3 is 19.6 Å². The summed E-state index contributed by atoms with van der Waals surface area (Å²) in [7, 11) is 0. The Labute approximate surface area is 241 Å². The van der Waals surface area contributed by atoms with Gasteiger partial charge in [-0.05, 0) is 42.2 Å². The summed E-state index contributed by atoms with van der Waals surface area (Å²) in [5.41, 5.74) is 0.723. The highest BCUT2D eigenvalue weighted by molar-refractivity contribution is 9.09. The molecule has 3 aliphatic rings. The summed E-state index contributed by atoms with van der Waals surface area (Å²) in [6.07, 6.45) is 4.83. The van der Waals surface area contributed by atoms with Crippen LogP contribution in [-0.4, -0.2) is 75.0 Å². The van der Waals surface area contributed by atoms with Gasteiger partial charge in [0.15, 0.2) is 0 Å². The molecule has 5 rings (SSSR count). The molecule has 9 heteroatoms. The molecular weight excluding hydrogens is 580 g/mol. The second kappa shape index (κ2) is 11.5. The number of esters is 1. The number of halogens is 1. The van der Waals surface area contributed by atoms with E-state index in [9.17, 15) is 19.5 Å². The van der Waals surface area contributed by atoms with Gasteiger partial charge in [0.2, 0.25) is 5.91 Å². The van der Waals surface area contributed by atoms with Gasteiger partial charge in [0.05, 0.1) is 23.2 Å². The summed E-state index contributed by atoms with van der Waals surface area (Å²) in [5, 5.41) is 11.5. The van der Waals surface area contributed by atoms with Gasteiger partial charge in [-0.3, -0.25) is 14.4 Å². The monoisotopic (exact) mass is 612 g/mol. The van der Waals surface area contributed by atoms with Crippen LogP contribution in [0.2, 0.25) is 0 Å². The van der Waals surface area contributed by atoms with Crippen molar-refractivity contribution in [3.63, 3.8) is 0 Å². The molecular formula is C30H33BrN2O5S. The third-order valence-corrected chi connectivity index (χ3v) is 11.3. The molecule has 1 spiro atoms. The highest BCUT2D eigenvalue weighted by Crippen LogP contribution is 2.68. The molecule has 39 heavy (non-hydrogen) atoms. The maximum absolute atomic E-state index is 14.6. The number of aliphatic hydroxyl groups is 1. The van der Waals surface area contributed by atoms with Crippen LogP contribution in [0.1, 0.15) is 19.3 Å². The van der Waals surface area contributed by atoms with E-state index in [-0.39, 0.29) is 48.2 Å². The Morgan fingerprint density at radius 2 is 1.97 bits per heavy atom. The molecule has 7 nitrogen and oxygen atoms in total. The maximum Gasteiger partial charge on any atom is 0.310 e. The van der Waals surface area contributed by atoms with Crippen LogP contribution in [0, 0.1) is 11.8 Å². The topological polar surface area (TPSA) is 87.1 Å². The molecule has 2 bridgehead atoms. The first-order valence-corrected chi connectivity index (χ1v) is 15.1. The molecule has 3 fully saturated rings. The van der Waals surface area contributed by atoms with Crippen molar-refractivity contribution in [1.29, 1.82) is 0 Å². The number of thioether (sulfide) groups is 1. The van der Waals surface area contributed by atoms with Gasteiger partial charge in [-0.2, -0.15) is 0 Å². The molecule has 3 unspecified atom stereocenters. The number of ether oxygens (including phenoxy) is 1. The summed E-state index contributed by atoms with van der Waals surface area (Å²) < 4.78 is 4.79. The lowest BCUT2D eigenvalue weighted by atomic mass is 9.71. The number of anilines is 1. The minimum atomic E-state index is -0.783. The molecule has 1 N–H and O–H groups in total. The SMILES string of the molecule is C=CCCOC(=O)[C@H]1[C@H]2C(=O)N(CCCO)C(C(=O)N(CC=C)c3ccc4ccccc4c3)C23CC(Br)[C@@H]1S3. The van der Waals surface area contributed by atoms with Gasteiger partial charge in [-0.15, -0.1) is 24.9 Å². The summed E-state index contributed by atoms with van der Waals surface area (Å²) in [6, 6.07) is 13.1. The smallest absolute Gasteiger partial charge is 0.310 e. The van der Waals surface area contributed by atoms with Crippen LogP contribution < -0.4 is 4.90 Å². The highest BCUT2D eigenvalue weighted by Gasteiger charge is 2.76.